The molecule has 0 unspecified atom stereocenters. The Hall–Kier alpha value is -1.38. The maximum absolute atomic E-state index is 12.6. The second-order valence-corrected chi connectivity index (χ2v) is 5.61. The van der Waals surface area contributed by atoms with Crippen LogP contribution in [0.15, 0.2) is 18.2 Å². The zero-order chi connectivity index (χ0) is 14.5. The van der Waals surface area contributed by atoms with Crippen molar-refractivity contribution in [3.8, 4) is 11.4 Å². The molecule has 0 saturated heterocycles. The first kappa shape index (κ1) is 13.6. The van der Waals surface area contributed by atoms with Gasteiger partial charge in [0.1, 0.15) is 0 Å². The number of fused-ring (bicyclic) bond motifs is 1. The van der Waals surface area contributed by atoms with Crippen molar-refractivity contribution in [2.75, 3.05) is 0 Å². The van der Waals surface area contributed by atoms with Gasteiger partial charge in [-0.05, 0) is 18.2 Å². The molecule has 2 aromatic heterocycles. The number of benzene rings is 1. The normalized spacial score (nSPS) is 12.2. The lowest BCUT2D eigenvalue weighted by molar-refractivity contribution is -0.138. The molecule has 0 spiro atoms. The van der Waals surface area contributed by atoms with Gasteiger partial charge in [0.05, 0.1) is 0 Å². The molecule has 0 amide bonds. The quantitative estimate of drug-likeness (QED) is 0.668. The number of hydrogen-bond donors (Lipinski definition) is 0. The van der Waals surface area contributed by atoms with Crippen molar-refractivity contribution in [2.24, 2.45) is 0 Å². The van der Waals surface area contributed by atoms with E-state index in [2.05, 4.69) is 15.3 Å². The molecule has 0 radical (unpaired) electrons. The molecular weight excluding hydrogens is 336 g/mol. The zero-order valence-electron chi connectivity index (χ0n) is 9.32. The molecule has 104 valence electrons. The molecule has 0 aliphatic heterocycles. The van der Waals surface area contributed by atoms with Gasteiger partial charge >= 0.3 is 6.18 Å². The third-order valence-electron chi connectivity index (χ3n) is 2.35. The van der Waals surface area contributed by atoms with Crippen LogP contribution in [0.25, 0.3) is 16.3 Å². The second kappa shape index (κ2) is 4.57. The van der Waals surface area contributed by atoms with Crippen LogP contribution in [0.5, 0.6) is 0 Å². The van der Waals surface area contributed by atoms with Crippen molar-refractivity contribution < 1.29 is 13.2 Å². The second-order valence-electron chi connectivity index (χ2n) is 3.78. The molecule has 0 aliphatic carbocycles. The van der Waals surface area contributed by atoms with Crippen LogP contribution < -0.4 is 0 Å². The van der Waals surface area contributed by atoms with Crippen LogP contribution in [-0.2, 0) is 6.18 Å². The highest BCUT2D eigenvalue weighted by molar-refractivity contribution is 7.16. The minimum Gasteiger partial charge on any atom is -0.182 e. The molecule has 0 atom stereocenters. The van der Waals surface area contributed by atoms with Gasteiger partial charge < -0.3 is 0 Å². The van der Waals surface area contributed by atoms with Crippen LogP contribution in [0.3, 0.4) is 0 Å². The van der Waals surface area contributed by atoms with E-state index in [9.17, 15) is 13.2 Å². The Labute approximate surface area is 123 Å². The lowest BCUT2D eigenvalue weighted by Gasteiger charge is -2.00. The van der Waals surface area contributed by atoms with E-state index in [1.807, 2.05) is 0 Å². The summed E-state index contributed by atoms with van der Waals surface area (Å²) in [7, 11) is 0. The van der Waals surface area contributed by atoms with Crippen LogP contribution in [0.1, 0.15) is 5.01 Å². The van der Waals surface area contributed by atoms with Crippen molar-refractivity contribution in [3.63, 3.8) is 0 Å². The highest BCUT2D eigenvalue weighted by Crippen LogP contribution is 2.34. The Morgan fingerprint density at radius 1 is 1.05 bits per heavy atom. The first-order chi connectivity index (χ1) is 9.34. The summed E-state index contributed by atoms with van der Waals surface area (Å²) in [5, 5.41) is 10.7. The average Bonchev–Trinajstić information content (AvgIpc) is 2.84. The third-order valence-corrected chi connectivity index (χ3v) is 3.73. The molecule has 3 rings (SSSR count). The Balaban J connectivity index is 2.19. The van der Waals surface area contributed by atoms with E-state index in [1.165, 1.54) is 18.2 Å². The SMILES string of the molecule is FC(F)(F)c1nn2c(-c3cc(Cl)cc(Cl)c3)nnc2s1. The van der Waals surface area contributed by atoms with Crippen LogP contribution in [-0.4, -0.2) is 19.8 Å². The van der Waals surface area contributed by atoms with Crippen LogP contribution in [0.2, 0.25) is 10.0 Å². The Morgan fingerprint density at radius 3 is 2.30 bits per heavy atom. The van der Waals surface area contributed by atoms with E-state index in [-0.39, 0.29) is 10.8 Å². The van der Waals surface area contributed by atoms with Gasteiger partial charge in [0.15, 0.2) is 5.82 Å². The zero-order valence-corrected chi connectivity index (χ0v) is 11.6. The van der Waals surface area contributed by atoms with Crippen molar-refractivity contribution in [2.45, 2.75) is 6.18 Å². The van der Waals surface area contributed by atoms with Gasteiger partial charge in [-0.25, -0.2) is 0 Å². The van der Waals surface area contributed by atoms with E-state index >= 15 is 0 Å². The summed E-state index contributed by atoms with van der Waals surface area (Å²) >= 11 is 12.1. The van der Waals surface area contributed by atoms with E-state index in [0.717, 1.165) is 4.52 Å². The molecule has 0 saturated carbocycles. The maximum Gasteiger partial charge on any atom is 0.445 e. The smallest absolute Gasteiger partial charge is 0.182 e. The summed E-state index contributed by atoms with van der Waals surface area (Å²) in [5.74, 6) is 0.149. The van der Waals surface area contributed by atoms with Crippen molar-refractivity contribution in [1.29, 1.82) is 0 Å². The summed E-state index contributed by atoms with van der Waals surface area (Å²) in [6.07, 6.45) is -4.52. The molecule has 2 heterocycles. The highest BCUT2D eigenvalue weighted by atomic mass is 35.5. The third kappa shape index (κ3) is 2.34. The summed E-state index contributed by atoms with van der Waals surface area (Å²) in [6, 6.07) is 4.56. The predicted octanol–water partition coefficient (Wildman–Crippen LogP) is 4.18. The molecule has 0 N–H and O–H groups in total. The van der Waals surface area contributed by atoms with Gasteiger partial charge in [-0.1, -0.05) is 34.5 Å². The fourth-order valence-corrected chi connectivity index (χ4v) is 2.83. The largest absolute Gasteiger partial charge is 0.445 e. The van der Waals surface area contributed by atoms with Crippen molar-refractivity contribution in [3.05, 3.63) is 33.3 Å². The Kier molecular flexibility index (Phi) is 3.11. The molecule has 0 fully saturated rings. The van der Waals surface area contributed by atoms with Gasteiger partial charge in [0.2, 0.25) is 9.97 Å². The number of alkyl halides is 3. The lowest BCUT2D eigenvalue weighted by atomic mass is 10.2. The molecule has 0 aliphatic rings. The van der Waals surface area contributed by atoms with Gasteiger partial charge in [-0.15, -0.1) is 15.3 Å². The fraction of sp³-hybridized carbons (Fsp3) is 0.100. The van der Waals surface area contributed by atoms with Gasteiger partial charge in [-0.3, -0.25) is 0 Å². The van der Waals surface area contributed by atoms with Crippen molar-refractivity contribution in [1.82, 2.24) is 19.8 Å². The molecular formula is C10H3Cl2F3N4S. The van der Waals surface area contributed by atoms with E-state index < -0.39 is 11.2 Å². The molecule has 3 aromatic rings. The van der Waals surface area contributed by atoms with Gasteiger partial charge in [-0.2, -0.15) is 17.7 Å². The summed E-state index contributed by atoms with van der Waals surface area (Å²) in [5.41, 5.74) is 0.439. The minimum atomic E-state index is -4.52. The monoisotopic (exact) mass is 338 g/mol. The Bertz CT molecular complexity index is 775. The summed E-state index contributed by atoms with van der Waals surface area (Å²) < 4.78 is 38.9. The molecule has 20 heavy (non-hydrogen) atoms. The molecule has 10 heteroatoms. The van der Waals surface area contributed by atoms with E-state index in [4.69, 9.17) is 23.2 Å². The molecule has 1 aromatic carbocycles. The summed E-state index contributed by atoms with van der Waals surface area (Å²) in [4.78, 5) is 0.0448. The van der Waals surface area contributed by atoms with Gasteiger partial charge in [0.25, 0.3) is 0 Å². The highest BCUT2D eigenvalue weighted by Gasteiger charge is 2.36. The first-order valence-corrected chi connectivity index (χ1v) is 6.68. The van der Waals surface area contributed by atoms with Crippen LogP contribution in [0, 0.1) is 0 Å². The van der Waals surface area contributed by atoms with Crippen molar-refractivity contribution >= 4 is 39.5 Å². The van der Waals surface area contributed by atoms with E-state index in [1.54, 1.807) is 0 Å². The number of nitrogens with zero attached hydrogens (tertiary/aromatic N) is 4. The summed E-state index contributed by atoms with van der Waals surface area (Å²) in [6.45, 7) is 0. The number of rotatable bonds is 1. The van der Waals surface area contributed by atoms with E-state index in [0.29, 0.717) is 26.9 Å². The van der Waals surface area contributed by atoms with Crippen LogP contribution in [0.4, 0.5) is 13.2 Å². The number of hydrogen-bond acceptors (Lipinski definition) is 4. The standard InChI is InChI=1S/C10H3Cl2F3N4S/c11-5-1-4(2-6(12)3-5)7-16-17-9-19(7)18-8(20-9)10(13,14)15/h1-3H. The lowest BCUT2D eigenvalue weighted by Crippen LogP contribution is -2.05. The number of halogens is 5. The van der Waals surface area contributed by atoms with Gasteiger partial charge in [0, 0.05) is 15.6 Å². The first-order valence-electron chi connectivity index (χ1n) is 5.10. The topological polar surface area (TPSA) is 43.1 Å². The Morgan fingerprint density at radius 2 is 1.70 bits per heavy atom. The number of aromatic nitrogens is 4. The molecule has 0 bridgehead atoms. The predicted molar refractivity (Wildman–Crippen MR) is 69.1 cm³/mol. The van der Waals surface area contributed by atoms with Crippen LogP contribution >= 0.6 is 34.5 Å². The maximum atomic E-state index is 12.6. The fourth-order valence-electron chi connectivity index (χ4n) is 1.59. The minimum absolute atomic E-state index is 0.0448. The average molecular weight is 339 g/mol. The molecule has 4 nitrogen and oxygen atoms in total.